The van der Waals surface area contributed by atoms with Crippen LogP contribution in [-0.4, -0.2) is 44.2 Å². The van der Waals surface area contributed by atoms with Crippen molar-refractivity contribution in [2.45, 2.75) is 77.5 Å². The Kier molecular flexibility index (Phi) is 6.29. The third-order valence-corrected chi connectivity index (χ3v) is 7.92. The third kappa shape index (κ3) is 4.84. The summed E-state index contributed by atoms with van der Waals surface area (Å²) in [7, 11) is 2.44. The summed E-state index contributed by atoms with van der Waals surface area (Å²) in [6.45, 7) is 17.0. The molecule has 4 rings (SSSR count). The predicted molar refractivity (Wildman–Crippen MR) is 147 cm³/mol. The van der Waals surface area contributed by atoms with E-state index in [0.717, 1.165) is 27.6 Å². The van der Waals surface area contributed by atoms with E-state index < -0.39 is 0 Å². The number of benzene rings is 2. The van der Waals surface area contributed by atoms with Gasteiger partial charge in [0.15, 0.2) is 0 Å². The normalized spacial score (nSPS) is 17.8. The quantitative estimate of drug-likeness (QED) is 0.531. The zero-order valence-corrected chi connectivity index (χ0v) is 22.2. The molecule has 0 atom stereocenters. The molecule has 1 saturated heterocycles. The monoisotopic (exact) mass is 455 g/mol. The minimum Gasteiger partial charge on any atom is -0.430 e. The molecule has 0 spiro atoms. The fourth-order valence-electron chi connectivity index (χ4n) is 3.71. The first-order valence-electron chi connectivity index (χ1n) is 12.2. The number of hydrogen-bond acceptors (Lipinski definition) is 4. The first-order chi connectivity index (χ1) is 15.7. The van der Waals surface area contributed by atoms with Crippen LogP contribution in [0.4, 0.5) is 0 Å². The van der Waals surface area contributed by atoms with E-state index in [9.17, 15) is 0 Å². The van der Waals surface area contributed by atoms with Gasteiger partial charge in [-0.15, -0.1) is 0 Å². The molecule has 0 aliphatic carbocycles. The van der Waals surface area contributed by atoms with Crippen LogP contribution >= 0.6 is 0 Å². The Morgan fingerprint density at radius 2 is 1.50 bits per heavy atom. The molecule has 0 bridgehead atoms. The summed E-state index contributed by atoms with van der Waals surface area (Å²) in [6.07, 6.45) is 1.95. The fourth-order valence-corrected chi connectivity index (χ4v) is 3.71. The fraction of sp³-hybridized carbons (Fsp3) is 0.444. The maximum Gasteiger partial charge on any atom is 0.494 e. The molecule has 2 aromatic carbocycles. The van der Waals surface area contributed by atoms with Gasteiger partial charge >= 0.3 is 14.6 Å². The predicted octanol–water partition coefficient (Wildman–Crippen LogP) is 3.80. The smallest absolute Gasteiger partial charge is 0.430 e. The second kappa shape index (κ2) is 8.55. The van der Waals surface area contributed by atoms with Crippen LogP contribution in [0.15, 0.2) is 54.7 Å². The molecular formula is C27H36B3NO3. The molecule has 176 valence electrons. The molecule has 4 nitrogen and oxygen atoms in total. The van der Waals surface area contributed by atoms with Crippen molar-refractivity contribution in [3.63, 3.8) is 0 Å². The lowest BCUT2D eigenvalue weighted by atomic mass is 9.61. The van der Waals surface area contributed by atoms with Crippen molar-refractivity contribution in [3.8, 4) is 11.3 Å². The lowest BCUT2D eigenvalue weighted by molar-refractivity contribution is 0.00578. The number of rotatable bonds is 6. The SMILES string of the molecule is BC(C)(C)C(C)(C)OBc1ccc2cc(-c3ccc(B4OC(C)(C)C(C)(C)O4)cc3)ncc2c1. The zero-order chi connectivity index (χ0) is 24.9. The Hall–Kier alpha value is -2.08. The maximum atomic E-state index is 6.26. The van der Waals surface area contributed by atoms with Gasteiger partial charge < -0.3 is 14.0 Å². The highest BCUT2D eigenvalue weighted by Gasteiger charge is 2.51. The number of fused-ring (bicyclic) bond motifs is 1. The molecule has 1 fully saturated rings. The summed E-state index contributed by atoms with van der Waals surface area (Å²) in [5.41, 5.74) is 3.30. The molecule has 34 heavy (non-hydrogen) atoms. The van der Waals surface area contributed by atoms with Crippen molar-refractivity contribution >= 4 is 44.1 Å². The van der Waals surface area contributed by atoms with Crippen molar-refractivity contribution in [2.24, 2.45) is 0 Å². The van der Waals surface area contributed by atoms with Gasteiger partial charge in [-0.25, -0.2) is 0 Å². The van der Waals surface area contributed by atoms with Gasteiger partial charge in [0, 0.05) is 17.4 Å². The Balaban J connectivity index is 1.49. The lowest BCUT2D eigenvalue weighted by Crippen LogP contribution is -2.41. The highest BCUT2D eigenvalue weighted by Crippen LogP contribution is 2.37. The van der Waals surface area contributed by atoms with Crippen LogP contribution in [0, 0.1) is 0 Å². The van der Waals surface area contributed by atoms with Crippen molar-refractivity contribution in [1.29, 1.82) is 0 Å². The van der Waals surface area contributed by atoms with E-state index in [0.29, 0.717) is 7.48 Å². The van der Waals surface area contributed by atoms with Crippen LogP contribution in [0.5, 0.6) is 0 Å². The van der Waals surface area contributed by atoms with Crippen molar-refractivity contribution in [3.05, 3.63) is 54.7 Å². The Morgan fingerprint density at radius 1 is 0.882 bits per heavy atom. The molecule has 1 aliphatic rings. The van der Waals surface area contributed by atoms with Gasteiger partial charge in [0.2, 0.25) is 0 Å². The summed E-state index contributed by atoms with van der Waals surface area (Å²) in [5, 5.41) is 2.35. The van der Waals surface area contributed by atoms with Crippen molar-refractivity contribution < 1.29 is 14.0 Å². The minimum atomic E-state index is -0.354. The van der Waals surface area contributed by atoms with E-state index in [-0.39, 0.29) is 29.2 Å². The Bertz CT molecular complexity index is 1170. The van der Waals surface area contributed by atoms with Crippen molar-refractivity contribution in [2.75, 3.05) is 0 Å². The number of pyridine rings is 1. The largest absolute Gasteiger partial charge is 0.494 e. The van der Waals surface area contributed by atoms with Crippen LogP contribution in [0.25, 0.3) is 22.0 Å². The summed E-state index contributed by atoms with van der Waals surface area (Å²) < 4.78 is 18.6. The van der Waals surface area contributed by atoms with Crippen LogP contribution in [-0.2, 0) is 14.0 Å². The summed E-state index contributed by atoms with van der Waals surface area (Å²) in [4.78, 5) is 4.74. The van der Waals surface area contributed by atoms with E-state index in [2.05, 4.69) is 112 Å². The van der Waals surface area contributed by atoms with Gasteiger partial charge in [-0.1, -0.05) is 61.8 Å². The highest BCUT2D eigenvalue weighted by atomic mass is 16.7. The molecule has 3 aromatic rings. The number of hydrogen-bond donors (Lipinski definition) is 0. The summed E-state index contributed by atoms with van der Waals surface area (Å²) in [5.74, 6) is 0. The minimum absolute atomic E-state index is 0.0677. The lowest BCUT2D eigenvalue weighted by Gasteiger charge is -2.39. The van der Waals surface area contributed by atoms with Crippen molar-refractivity contribution in [1.82, 2.24) is 4.98 Å². The van der Waals surface area contributed by atoms with E-state index in [1.165, 1.54) is 5.39 Å². The van der Waals surface area contributed by atoms with Crippen LogP contribution in [0.3, 0.4) is 0 Å². The van der Waals surface area contributed by atoms with Gasteiger partial charge in [-0.05, 0) is 69.2 Å². The molecule has 0 amide bonds. The van der Waals surface area contributed by atoms with Gasteiger partial charge in [0.1, 0.15) is 7.85 Å². The molecular weight excluding hydrogens is 419 g/mol. The summed E-state index contributed by atoms with van der Waals surface area (Å²) in [6, 6.07) is 16.9. The second-order valence-electron chi connectivity index (χ2n) is 12.0. The van der Waals surface area contributed by atoms with E-state index in [4.69, 9.17) is 18.9 Å². The first-order valence-corrected chi connectivity index (χ1v) is 12.2. The summed E-state index contributed by atoms with van der Waals surface area (Å²) >= 11 is 0. The molecule has 7 heteroatoms. The third-order valence-electron chi connectivity index (χ3n) is 7.92. The van der Waals surface area contributed by atoms with Crippen LogP contribution in [0.1, 0.15) is 55.4 Å². The Morgan fingerprint density at radius 3 is 2.09 bits per heavy atom. The number of aromatic nitrogens is 1. The van der Waals surface area contributed by atoms with Crippen LogP contribution < -0.4 is 10.9 Å². The van der Waals surface area contributed by atoms with Gasteiger partial charge in [-0.3, -0.25) is 4.98 Å². The van der Waals surface area contributed by atoms with Gasteiger partial charge in [0.05, 0.1) is 16.9 Å². The molecule has 0 radical (unpaired) electrons. The zero-order valence-electron chi connectivity index (χ0n) is 22.2. The average molecular weight is 455 g/mol. The van der Waals surface area contributed by atoms with E-state index >= 15 is 0 Å². The second-order valence-corrected chi connectivity index (χ2v) is 12.0. The molecule has 1 aliphatic heterocycles. The standard InChI is InChI=1S/C27H36B3NO3/c1-24(2,28)25(3,4)32-29-21-12-9-19-16-23(31-17-20(19)15-21)18-10-13-22(14-11-18)30-33-26(5,6)27(7,8)34-30/h9-17,29H,28H2,1-8H3. The Labute approximate surface area is 206 Å². The molecule has 2 heterocycles. The average Bonchev–Trinajstić information content (AvgIpc) is 2.98. The van der Waals surface area contributed by atoms with Gasteiger partial charge in [-0.2, -0.15) is 0 Å². The molecule has 0 N–H and O–H groups in total. The topological polar surface area (TPSA) is 40.6 Å². The first kappa shape index (κ1) is 25.0. The molecule has 0 saturated carbocycles. The molecule has 1 aromatic heterocycles. The maximum absolute atomic E-state index is 6.26. The highest BCUT2D eigenvalue weighted by molar-refractivity contribution is 6.62. The number of nitrogens with zero attached hydrogens (tertiary/aromatic N) is 1. The van der Waals surface area contributed by atoms with E-state index in [1.807, 2.05) is 6.20 Å². The van der Waals surface area contributed by atoms with E-state index in [1.54, 1.807) is 0 Å². The van der Waals surface area contributed by atoms with Crippen LogP contribution in [0.2, 0.25) is 5.31 Å². The molecule has 0 unspecified atom stereocenters. The van der Waals surface area contributed by atoms with Gasteiger partial charge in [0.25, 0.3) is 0 Å².